The molecule has 2 rings (SSSR count). The van der Waals surface area contributed by atoms with Crippen molar-refractivity contribution in [1.82, 2.24) is 4.57 Å². The van der Waals surface area contributed by atoms with Gasteiger partial charge in [0, 0.05) is 43.1 Å². The van der Waals surface area contributed by atoms with Gasteiger partial charge in [-0.25, -0.2) is 0 Å². The summed E-state index contributed by atoms with van der Waals surface area (Å²) in [5.41, 5.74) is 3.48. The van der Waals surface area contributed by atoms with Crippen LogP contribution in [0.1, 0.15) is 62.3 Å². The van der Waals surface area contributed by atoms with E-state index in [0.717, 1.165) is 38.2 Å². The molecule has 0 bridgehead atoms. The molecule has 1 aliphatic carbocycles. The number of ketones is 1. The van der Waals surface area contributed by atoms with Gasteiger partial charge < -0.3 is 9.30 Å². The molecule has 0 radical (unpaired) electrons. The molecule has 0 saturated heterocycles. The lowest BCUT2D eigenvalue weighted by atomic mass is 9.76. The number of aryl methyl sites for hydroxylation is 1. The lowest BCUT2D eigenvalue weighted by Crippen LogP contribution is -2.28. The van der Waals surface area contributed by atoms with E-state index in [1.165, 1.54) is 11.4 Å². The summed E-state index contributed by atoms with van der Waals surface area (Å²) in [5.74, 6) is 0.892. The normalized spacial score (nSPS) is 17.3. The quantitative estimate of drug-likeness (QED) is 0.741. The number of fused-ring (bicyclic) bond motifs is 1. The lowest BCUT2D eigenvalue weighted by molar-refractivity contribution is 0.0908. The second-order valence-corrected chi connectivity index (χ2v) is 7.56. The van der Waals surface area contributed by atoms with Crippen molar-refractivity contribution >= 4 is 5.78 Å². The lowest BCUT2D eigenvalue weighted by Gasteiger charge is -2.30. The summed E-state index contributed by atoms with van der Waals surface area (Å²) in [5, 5.41) is 0. The minimum atomic E-state index is 0.0841. The van der Waals surface area contributed by atoms with E-state index < -0.39 is 0 Å². The predicted molar refractivity (Wildman–Crippen MR) is 85.9 cm³/mol. The summed E-state index contributed by atoms with van der Waals surface area (Å²) in [4.78, 5) is 12.3. The smallest absolute Gasteiger partial charge is 0.165 e. The Morgan fingerprint density at radius 3 is 2.71 bits per heavy atom. The van der Waals surface area contributed by atoms with Crippen LogP contribution < -0.4 is 0 Å². The fraction of sp³-hybridized carbons (Fsp3) is 0.722. The Kier molecular flexibility index (Phi) is 4.92. The van der Waals surface area contributed by atoms with Crippen molar-refractivity contribution in [2.45, 2.75) is 60.4 Å². The van der Waals surface area contributed by atoms with Crippen molar-refractivity contribution in [1.29, 1.82) is 0 Å². The molecule has 118 valence electrons. The van der Waals surface area contributed by atoms with Crippen LogP contribution in [0.25, 0.3) is 0 Å². The first-order valence-electron chi connectivity index (χ1n) is 8.10. The number of rotatable bonds is 6. The summed E-state index contributed by atoms with van der Waals surface area (Å²) >= 11 is 0. The fourth-order valence-electron chi connectivity index (χ4n) is 3.16. The van der Waals surface area contributed by atoms with Crippen LogP contribution in [-0.4, -0.2) is 23.6 Å². The van der Waals surface area contributed by atoms with Crippen molar-refractivity contribution < 1.29 is 9.53 Å². The van der Waals surface area contributed by atoms with E-state index in [1.807, 2.05) is 0 Å². The Balaban J connectivity index is 2.03. The highest BCUT2D eigenvalue weighted by Crippen LogP contribution is 2.36. The molecule has 0 aliphatic heterocycles. The van der Waals surface area contributed by atoms with Crippen molar-refractivity contribution in [3.05, 3.63) is 23.0 Å². The first-order chi connectivity index (χ1) is 9.80. The van der Waals surface area contributed by atoms with Crippen LogP contribution >= 0.6 is 0 Å². The molecule has 3 nitrogen and oxygen atoms in total. The van der Waals surface area contributed by atoms with Crippen molar-refractivity contribution in [2.75, 3.05) is 13.2 Å². The molecule has 0 unspecified atom stereocenters. The number of nitrogens with zero attached hydrogens (tertiary/aromatic N) is 1. The topological polar surface area (TPSA) is 31.2 Å². The Morgan fingerprint density at radius 2 is 2.05 bits per heavy atom. The van der Waals surface area contributed by atoms with Gasteiger partial charge in [0.2, 0.25) is 0 Å². The maximum absolute atomic E-state index is 12.3. The zero-order chi connectivity index (χ0) is 15.6. The monoisotopic (exact) mass is 291 g/mol. The van der Waals surface area contributed by atoms with E-state index in [9.17, 15) is 4.79 Å². The van der Waals surface area contributed by atoms with Gasteiger partial charge in [-0.1, -0.05) is 27.7 Å². The largest absolute Gasteiger partial charge is 0.381 e. The van der Waals surface area contributed by atoms with Crippen LogP contribution in [0.5, 0.6) is 0 Å². The van der Waals surface area contributed by atoms with Gasteiger partial charge in [0.25, 0.3) is 0 Å². The number of ether oxygens (including phenoxy) is 1. The Labute approximate surface area is 128 Å². The molecule has 0 amide bonds. The van der Waals surface area contributed by atoms with E-state index in [4.69, 9.17) is 4.74 Å². The Bertz CT molecular complexity index is 512. The molecule has 1 aromatic rings. The van der Waals surface area contributed by atoms with Gasteiger partial charge in [-0.05, 0) is 37.2 Å². The van der Waals surface area contributed by atoms with Gasteiger partial charge in [-0.3, -0.25) is 4.79 Å². The zero-order valence-corrected chi connectivity index (χ0v) is 14.2. The average molecular weight is 291 g/mol. The summed E-state index contributed by atoms with van der Waals surface area (Å²) < 4.78 is 7.99. The average Bonchev–Trinajstić information content (AvgIpc) is 2.65. The number of hydrogen-bond donors (Lipinski definition) is 0. The van der Waals surface area contributed by atoms with Crippen LogP contribution in [0.2, 0.25) is 0 Å². The highest BCUT2D eigenvalue weighted by molar-refractivity contribution is 5.99. The van der Waals surface area contributed by atoms with Crippen LogP contribution in [0.3, 0.4) is 0 Å². The third-order valence-electron chi connectivity index (χ3n) is 4.12. The summed E-state index contributed by atoms with van der Waals surface area (Å²) in [6.07, 6.45) is 2.67. The van der Waals surface area contributed by atoms with Crippen LogP contribution in [0.4, 0.5) is 0 Å². The molecule has 0 aromatic carbocycles. The highest BCUT2D eigenvalue weighted by atomic mass is 16.5. The van der Waals surface area contributed by atoms with Crippen molar-refractivity contribution in [2.24, 2.45) is 11.3 Å². The number of carbonyl (C=O) groups is 1. The van der Waals surface area contributed by atoms with Gasteiger partial charge in [-0.2, -0.15) is 0 Å². The summed E-state index contributed by atoms with van der Waals surface area (Å²) in [7, 11) is 0. The van der Waals surface area contributed by atoms with Crippen molar-refractivity contribution in [3.63, 3.8) is 0 Å². The van der Waals surface area contributed by atoms with E-state index in [-0.39, 0.29) is 5.41 Å². The van der Waals surface area contributed by atoms with Gasteiger partial charge in [0.05, 0.1) is 0 Å². The summed E-state index contributed by atoms with van der Waals surface area (Å²) in [6.45, 7) is 13.4. The molecule has 1 aromatic heterocycles. The number of hydrogen-bond acceptors (Lipinski definition) is 2. The molecular formula is C18H29NO2. The predicted octanol–water partition coefficient (Wildman–Crippen LogP) is 4.01. The first-order valence-corrected chi connectivity index (χ1v) is 8.10. The zero-order valence-electron chi connectivity index (χ0n) is 14.2. The van der Waals surface area contributed by atoms with Gasteiger partial charge in [0.1, 0.15) is 0 Å². The highest BCUT2D eigenvalue weighted by Gasteiger charge is 2.33. The van der Waals surface area contributed by atoms with Gasteiger partial charge in [-0.15, -0.1) is 0 Å². The molecule has 0 fully saturated rings. The van der Waals surface area contributed by atoms with Crippen LogP contribution in [0.15, 0.2) is 6.07 Å². The molecule has 21 heavy (non-hydrogen) atoms. The second kappa shape index (κ2) is 6.35. The first kappa shape index (κ1) is 16.3. The minimum absolute atomic E-state index is 0.0841. The third-order valence-corrected chi connectivity index (χ3v) is 4.12. The molecule has 3 heteroatoms. The molecule has 0 spiro atoms. The van der Waals surface area contributed by atoms with E-state index in [0.29, 0.717) is 18.1 Å². The number of aromatic nitrogens is 1. The maximum atomic E-state index is 12.3. The van der Waals surface area contributed by atoms with Gasteiger partial charge in [0.15, 0.2) is 5.78 Å². The van der Waals surface area contributed by atoms with E-state index in [2.05, 4.69) is 45.3 Å². The van der Waals surface area contributed by atoms with Crippen LogP contribution in [-0.2, 0) is 17.7 Å². The van der Waals surface area contributed by atoms with E-state index in [1.54, 1.807) is 0 Å². The Morgan fingerprint density at radius 1 is 1.33 bits per heavy atom. The maximum Gasteiger partial charge on any atom is 0.165 e. The molecule has 0 saturated carbocycles. The van der Waals surface area contributed by atoms with Crippen LogP contribution in [0, 0.1) is 18.3 Å². The van der Waals surface area contributed by atoms with Gasteiger partial charge >= 0.3 is 0 Å². The number of Topliss-reactive ketones (excluding diaryl/α,β-unsaturated/α-hetero) is 1. The standard InChI is InChI=1S/C18H29NO2/c1-13(2)12-21-8-6-7-19-14(3)9-15-16(19)10-18(4,5)11-17(15)20/h9,13H,6-8,10-12H2,1-5H3. The fourth-order valence-corrected chi connectivity index (χ4v) is 3.16. The molecule has 0 N–H and O–H groups in total. The molecule has 0 atom stereocenters. The Hall–Kier alpha value is -1.09. The minimum Gasteiger partial charge on any atom is -0.381 e. The van der Waals surface area contributed by atoms with E-state index >= 15 is 0 Å². The molecule has 1 heterocycles. The summed E-state index contributed by atoms with van der Waals surface area (Å²) in [6, 6.07) is 2.07. The molecular weight excluding hydrogens is 262 g/mol. The van der Waals surface area contributed by atoms with Crippen molar-refractivity contribution in [3.8, 4) is 0 Å². The number of carbonyl (C=O) groups excluding carboxylic acids is 1. The second-order valence-electron chi connectivity index (χ2n) is 7.56. The SMILES string of the molecule is Cc1cc2c(n1CCCOCC(C)C)CC(C)(C)CC2=O. The third kappa shape index (κ3) is 3.97. The molecule has 1 aliphatic rings.